The van der Waals surface area contributed by atoms with E-state index in [1.807, 2.05) is 12.3 Å². The van der Waals surface area contributed by atoms with Crippen LogP contribution < -0.4 is 5.32 Å². The van der Waals surface area contributed by atoms with Crippen LogP contribution >= 0.6 is 0 Å². The highest BCUT2D eigenvalue weighted by Gasteiger charge is 2.09. The molecule has 0 radical (unpaired) electrons. The topological polar surface area (TPSA) is 45.2 Å². The van der Waals surface area contributed by atoms with Gasteiger partial charge in [-0.2, -0.15) is 0 Å². The van der Waals surface area contributed by atoms with E-state index < -0.39 is 0 Å². The minimum Gasteiger partial charge on any atom is -0.395 e. The average Bonchev–Trinajstić information content (AvgIpc) is 2.25. The summed E-state index contributed by atoms with van der Waals surface area (Å²) in [7, 11) is 0. The van der Waals surface area contributed by atoms with Gasteiger partial charge in [-0.1, -0.05) is 13.8 Å². The highest BCUT2D eigenvalue weighted by atomic mass is 16.3. The van der Waals surface area contributed by atoms with Crippen LogP contribution in [-0.2, 0) is 6.54 Å². The van der Waals surface area contributed by atoms with E-state index >= 15 is 0 Å². The highest BCUT2D eigenvalue weighted by molar-refractivity contribution is 5.21. The number of rotatable bonds is 6. The third-order valence-electron chi connectivity index (χ3n) is 2.70. The summed E-state index contributed by atoms with van der Waals surface area (Å²) in [5, 5.41) is 12.6. The quantitative estimate of drug-likeness (QED) is 0.772. The third kappa shape index (κ3) is 4.29. The van der Waals surface area contributed by atoms with Gasteiger partial charge in [0.1, 0.15) is 0 Å². The van der Waals surface area contributed by atoms with Crippen LogP contribution in [0, 0.1) is 12.8 Å². The van der Waals surface area contributed by atoms with Crippen molar-refractivity contribution in [2.45, 2.75) is 39.8 Å². The van der Waals surface area contributed by atoms with Gasteiger partial charge in [0, 0.05) is 25.0 Å². The molecule has 0 aliphatic heterocycles. The van der Waals surface area contributed by atoms with E-state index in [0.29, 0.717) is 5.92 Å². The molecule has 0 amide bonds. The molecule has 1 rings (SSSR count). The van der Waals surface area contributed by atoms with Crippen molar-refractivity contribution < 1.29 is 5.11 Å². The number of nitrogens with zero attached hydrogens (tertiary/aromatic N) is 1. The van der Waals surface area contributed by atoms with Gasteiger partial charge in [0.2, 0.25) is 0 Å². The van der Waals surface area contributed by atoms with E-state index in [1.165, 1.54) is 11.1 Å². The molecule has 0 aliphatic carbocycles. The Morgan fingerprint density at radius 1 is 1.44 bits per heavy atom. The maximum atomic E-state index is 9.24. The molecule has 0 saturated heterocycles. The van der Waals surface area contributed by atoms with Gasteiger partial charge in [-0.3, -0.25) is 4.98 Å². The van der Waals surface area contributed by atoms with Crippen molar-refractivity contribution in [2.75, 3.05) is 6.61 Å². The number of pyridine rings is 1. The second-order valence-electron chi connectivity index (χ2n) is 4.69. The van der Waals surface area contributed by atoms with Crippen LogP contribution in [0.25, 0.3) is 0 Å². The van der Waals surface area contributed by atoms with Crippen LogP contribution in [0.5, 0.6) is 0 Å². The van der Waals surface area contributed by atoms with E-state index in [0.717, 1.165) is 13.0 Å². The van der Waals surface area contributed by atoms with Crippen LogP contribution in [-0.4, -0.2) is 22.7 Å². The molecule has 1 unspecified atom stereocenters. The molecule has 90 valence electrons. The molecule has 16 heavy (non-hydrogen) atoms. The predicted octanol–water partition coefficient (Wildman–Crippen LogP) is 1.89. The molecule has 1 aromatic rings. The van der Waals surface area contributed by atoms with E-state index in [2.05, 4.69) is 31.1 Å². The minimum atomic E-state index is 0.180. The van der Waals surface area contributed by atoms with E-state index in [-0.39, 0.29) is 12.6 Å². The van der Waals surface area contributed by atoms with Gasteiger partial charge in [0.25, 0.3) is 0 Å². The molecule has 0 spiro atoms. The molecule has 0 bridgehead atoms. The lowest BCUT2D eigenvalue weighted by Gasteiger charge is -2.18. The summed E-state index contributed by atoms with van der Waals surface area (Å²) in [6, 6.07) is 2.19. The zero-order valence-corrected chi connectivity index (χ0v) is 10.4. The second kappa shape index (κ2) is 6.61. The Morgan fingerprint density at radius 2 is 2.19 bits per heavy atom. The Bertz CT molecular complexity index is 313. The zero-order chi connectivity index (χ0) is 12.0. The number of hydrogen-bond acceptors (Lipinski definition) is 3. The number of aliphatic hydroxyl groups excluding tert-OH is 1. The Morgan fingerprint density at radius 3 is 2.75 bits per heavy atom. The first kappa shape index (κ1) is 13.1. The smallest absolute Gasteiger partial charge is 0.0584 e. The fourth-order valence-corrected chi connectivity index (χ4v) is 1.73. The van der Waals surface area contributed by atoms with Crippen LogP contribution in [0.4, 0.5) is 0 Å². The van der Waals surface area contributed by atoms with E-state index in [4.69, 9.17) is 0 Å². The summed E-state index contributed by atoms with van der Waals surface area (Å²) < 4.78 is 0. The van der Waals surface area contributed by atoms with Crippen molar-refractivity contribution in [3.63, 3.8) is 0 Å². The first-order valence-corrected chi connectivity index (χ1v) is 5.87. The lowest BCUT2D eigenvalue weighted by atomic mass is 10.0. The van der Waals surface area contributed by atoms with E-state index in [9.17, 15) is 5.11 Å². The first-order chi connectivity index (χ1) is 7.63. The molecule has 0 saturated carbocycles. The zero-order valence-electron chi connectivity index (χ0n) is 10.4. The average molecular weight is 222 g/mol. The molecule has 1 atom stereocenters. The van der Waals surface area contributed by atoms with Crippen molar-refractivity contribution in [3.8, 4) is 0 Å². The van der Waals surface area contributed by atoms with Crippen molar-refractivity contribution >= 4 is 0 Å². The normalized spacial score (nSPS) is 13.1. The number of aliphatic hydroxyl groups is 1. The lowest BCUT2D eigenvalue weighted by molar-refractivity contribution is 0.223. The Balaban J connectivity index is 2.46. The van der Waals surface area contributed by atoms with Gasteiger partial charge in [-0.05, 0) is 36.5 Å². The molecule has 0 aliphatic rings. The summed E-state index contributed by atoms with van der Waals surface area (Å²) in [6.07, 6.45) is 4.68. The van der Waals surface area contributed by atoms with Crippen LogP contribution in [0.1, 0.15) is 31.4 Å². The summed E-state index contributed by atoms with van der Waals surface area (Å²) in [5.74, 6) is 0.597. The van der Waals surface area contributed by atoms with Gasteiger partial charge in [0.05, 0.1) is 6.61 Å². The fraction of sp³-hybridized carbons (Fsp3) is 0.615. The van der Waals surface area contributed by atoms with Gasteiger partial charge in [0.15, 0.2) is 0 Å². The van der Waals surface area contributed by atoms with Crippen LogP contribution in [0.15, 0.2) is 18.5 Å². The Hall–Kier alpha value is -0.930. The number of nitrogens with one attached hydrogen (secondary N) is 1. The minimum absolute atomic E-state index is 0.180. The monoisotopic (exact) mass is 222 g/mol. The summed E-state index contributed by atoms with van der Waals surface area (Å²) in [6.45, 7) is 7.38. The molecule has 3 nitrogen and oxygen atoms in total. The molecule has 2 N–H and O–H groups in total. The molecular formula is C13H22N2O. The third-order valence-corrected chi connectivity index (χ3v) is 2.70. The summed E-state index contributed by atoms with van der Waals surface area (Å²) in [5.41, 5.74) is 2.44. The molecule has 1 aromatic heterocycles. The largest absolute Gasteiger partial charge is 0.395 e. The Labute approximate surface area is 97.9 Å². The molecule has 0 aromatic carbocycles. The molecular weight excluding hydrogens is 200 g/mol. The lowest BCUT2D eigenvalue weighted by Crippen LogP contribution is -2.33. The first-order valence-electron chi connectivity index (χ1n) is 5.87. The van der Waals surface area contributed by atoms with Crippen molar-refractivity contribution in [2.24, 2.45) is 5.92 Å². The standard InChI is InChI=1S/C13H22N2O/c1-10(2)6-13(9-16)15-8-12-7-14-5-4-11(12)3/h4-5,7,10,13,15-16H,6,8-9H2,1-3H3. The maximum absolute atomic E-state index is 9.24. The maximum Gasteiger partial charge on any atom is 0.0584 e. The van der Waals surface area contributed by atoms with Gasteiger partial charge < -0.3 is 10.4 Å². The Kier molecular flexibility index (Phi) is 5.43. The van der Waals surface area contributed by atoms with Gasteiger partial charge in [-0.25, -0.2) is 0 Å². The highest BCUT2D eigenvalue weighted by Crippen LogP contribution is 2.08. The summed E-state index contributed by atoms with van der Waals surface area (Å²) >= 11 is 0. The SMILES string of the molecule is Cc1ccncc1CNC(CO)CC(C)C. The van der Waals surface area contributed by atoms with Gasteiger partial charge in [-0.15, -0.1) is 0 Å². The fourth-order valence-electron chi connectivity index (χ4n) is 1.73. The van der Waals surface area contributed by atoms with E-state index in [1.54, 1.807) is 6.20 Å². The number of aryl methyl sites for hydroxylation is 1. The van der Waals surface area contributed by atoms with Crippen molar-refractivity contribution in [1.82, 2.24) is 10.3 Å². The molecule has 0 fully saturated rings. The number of aromatic nitrogens is 1. The van der Waals surface area contributed by atoms with Gasteiger partial charge >= 0.3 is 0 Å². The molecule has 1 heterocycles. The molecule has 3 heteroatoms. The summed E-state index contributed by atoms with van der Waals surface area (Å²) in [4.78, 5) is 4.11. The van der Waals surface area contributed by atoms with Crippen LogP contribution in [0.3, 0.4) is 0 Å². The number of hydrogen-bond donors (Lipinski definition) is 2. The van der Waals surface area contributed by atoms with Crippen LogP contribution in [0.2, 0.25) is 0 Å². The van der Waals surface area contributed by atoms with Crippen molar-refractivity contribution in [3.05, 3.63) is 29.6 Å². The second-order valence-corrected chi connectivity index (χ2v) is 4.69. The predicted molar refractivity (Wildman–Crippen MR) is 66.1 cm³/mol. The van der Waals surface area contributed by atoms with Crippen molar-refractivity contribution in [1.29, 1.82) is 0 Å².